The fraction of sp³-hybridized carbons (Fsp3) is 0. The van der Waals surface area contributed by atoms with Crippen molar-refractivity contribution in [3.8, 4) is 0 Å². The summed E-state index contributed by atoms with van der Waals surface area (Å²) in [4.78, 5) is 0. The average molecular weight is 144 g/mol. The van der Waals surface area contributed by atoms with E-state index in [0.717, 1.165) is 16.3 Å². The van der Waals surface area contributed by atoms with Crippen LogP contribution in [0.15, 0.2) is 41.6 Å². The van der Waals surface area contributed by atoms with Gasteiger partial charge in [0.05, 0.1) is 5.36 Å². The number of para-hydroxylation sites is 1. The summed E-state index contributed by atoms with van der Waals surface area (Å²) in [6.07, 6.45) is 1.97. The van der Waals surface area contributed by atoms with Crippen molar-refractivity contribution in [3.63, 3.8) is 0 Å². The van der Waals surface area contributed by atoms with Gasteiger partial charge in [0.1, 0.15) is 0 Å². The maximum absolute atomic E-state index is 4.09. The van der Waals surface area contributed by atoms with Crippen LogP contribution in [0.5, 0.6) is 0 Å². The van der Waals surface area contributed by atoms with Crippen molar-refractivity contribution < 1.29 is 0 Å². The first-order chi connectivity index (χ1) is 5.36. The summed E-state index contributed by atoms with van der Waals surface area (Å²) in [6, 6.07) is 7.94. The molecule has 0 amide bonds. The minimum atomic E-state index is 0.837. The van der Waals surface area contributed by atoms with E-state index in [1.165, 1.54) is 0 Å². The first-order valence-corrected chi connectivity index (χ1v) is 3.46. The van der Waals surface area contributed by atoms with Gasteiger partial charge in [-0.05, 0) is 12.1 Å². The number of fused-ring (bicyclic) bond motifs is 1. The SMILES string of the molecule is C=C1C=c2ccccc2=NN1. The molecular formula is C9H8N2. The van der Waals surface area contributed by atoms with E-state index in [-0.39, 0.29) is 0 Å². The quantitative estimate of drug-likeness (QED) is 0.549. The van der Waals surface area contributed by atoms with Crippen LogP contribution in [0.3, 0.4) is 0 Å². The average Bonchev–Trinajstić information content (AvgIpc) is 2.04. The van der Waals surface area contributed by atoms with E-state index in [2.05, 4.69) is 17.1 Å². The molecule has 0 atom stereocenters. The summed E-state index contributed by atoms with van der Waals surface area (Å²) in [6.45, 7) is 3.75. The molecule has 0 saturated carbocycles. The molecule has 0 spiro atoms. The van der Waals surface area contributed by atoms with Crippen LogP contribution < -0.4 is 16.0 Å². The van der Waals surface area contributed by atoms with Crippen molar-refractivity contribution in [1.82, 2.24) is 5.43 Å². The Kier molecular flexibility index (Phi) is 1.25. The van der Waals surface area contributed by atoms with E-state index in [1.807, 2.05) is 30.3 Å². The zero-order valence-corrected chi connectivity index (χ0v) is 6.04. The van der Waals surface area contributed by atoms with Gasteiger partial charge in [0, 0.05) is 10.9 Å². The van der Waals surface area contributed by atoms with Gasteiger partial charge in [0.15, 0.2) is 0 Å². The Labute approximate surface area is 64.6 Å². The molecule has 0 fully saturated rings. The molecule has 1 N–H and O–H groups in total. The summed E-state index contributed by atoms with van der Waals surface area (Å²) in [7, 11) is 0. The van der Waals surface area contributed by atoms with Gasteiger partial charge in [-0.25, -0.2) is 0 Å². The van der Waals surface area contributed by atoms with Crippen LogP contribution >= 0.6 is 0 Å². The van der Waals surface area contributed by atoms with E-state index in [0.29, 0.717) is 0 Å². The van der Waals surface area contributed by atoms with Gasteiger partial charge >= 0.3 is 0 Å². The first kappa shape index (κ1) is 6.16. The lowest BCUT2D eigenvalue weighted by atomic mass is 10.2. The molecule has 2 rings (SSSR count). The Bertz CT molecular complexity index is 404. The summed E-state index contributed by atoms with van der Waals surface area (Å²) in [5.41, 5.74) is 3.65. The molecule has 1 aliphatic heterocycles. The highest BCUT2D eigenvalue weighted by atomic mass is 15.3. The smallest absolute Gasteiger partial charge is 0.0906 e. The second-order valence-corrected chi connectivity index (χ2v) is 2.45. The molecule has 2 heteroatoms. The Morgan fingerprint density at radius 2 is 2.09 bits per heavy atom. The second kappa shape index (κ2) is 2.23. The lowest BCUT2D eigenvalue weighted by Crippen LogP contribution is -2.31. The molecule has 2 nitrogen and oxygen atoms in total. The number of nitrogens with zero attached hydrogens (tertiary/aromatic N) is 1. The summed E-state index contributed by atoms with van der Waals surface area (Å²) in [5.74, 6) is 0. The van der Waals surface area contributed by atoms with Gasteiger partial charge < -0.3 is 0 Å². The minimum absolute atomic E-state index is 0.837. The molecule has 54 valence electrons. The van der Waals surface area contributed by atoms with Crippen LogP contribution in [-0.4, -0.2) is 0 Å². The van der Waals surface area contributed by atoms with Gasteiger partial charge in [-0.1, -0.05) is 24.8 Å². The summed E-state index contributed by atoms with van der Waals surface area (Å²) in [5, 5.41) is 6.19. The van der Waals surface area contributed by atoms with E-state index < -0.39 is 0 Å². The molecule has 1 heterocycles. The fourth-order valence-corrected chi connectivity index (χ4v) is 1.06. The third-order valence-corrected chi connectivity index (χ3v) is 1.59. The van der Waals surface area contributed by atoms with Crippen molar-refractivity contribution in [2.45, 2.75) is 0 Å². The molecule has 0 radical (unpaired) electrons. The van der Waals surface area contributed by atoms with Crippen LogP contribution in [0.4, 0.5) is 0 Å². The monoisotopic (exact) mass is 144 g/mol. The standard InChI is InChI=1S/C9H8N2/c1-7-6-8-4-2-3-5-9(8)11-10-7/h2-6,10H,1H2. The van der Waals surface area contributed by atoms with Crippen LogP contribution in [0.1, 0.15) is 0 Å². The van der Waals surface area contributed by atoms with Gasteiger partial charge in [0.2, 0.25) is 0 Å². The maximum Gasteiger partial charge on any atom is 0.0906 e. The van der Waals surface area contributed by atoms with Crippen molar-refractivity contribution in [3.05, 3.63) is 47.1 Å². The second-order valence-electron chi connectivity index (χ2n) is 2.45. The molecule has 0 aliphatic carbocycles. The van der Waals surface area contributed by atoms with Gasteiger partial charge in [-0.2, -0.15) is 5.10 Å². The van der Waals surface area contributed by atoms with Crippen LogP contribution in [-0.2, 0) is 0 Å². The highest BCUT2D eigenvalue weighted by Crippen LogP contribution is 1.86. The van der Waals surface area contributed by atoms with Gasteiger partial charge in [0.25, 0.3) is 0 Å². The van der Waals surface area contributed by atoms with Crippen LogP contribution in [0.2, 0.25) is 0 Å². The maximum atomic E-state index is 4.09. The zero-order chi connectivity index (χ0) is 7.68. The molecule has 0 saturated heterocycles. The largest absolute Gasteiger partial charge is 0.278 e. The van der Waals surface area contributed by atoms with E-state index in [1.54, 1.807) is 0 Å². The summed E-state index contributed by atoms with van der Waals surface area (Å²) >= 11 is 0. The Hall–Kier alpha value is -1.57. The molecule has 1 aromatic carbocycles. The van der Waals surface area contributed by atoms with Crippen molar-refractivity contribution in [2.24, 2.45) is 5.10 Å². The topological polar surface area (TPSA) is 24.4 Å². The third kappa shape index (κ3) is 1.03. The number of allylic oxidation sites excluding steroid dienone is 1. The normalized spacial score (nSPS) is 14.0. The molecule has 11 heavy (non-hydrogen) atoms. The van der Waals surface area contributed by atoms with E-state index >= 15 is 0 Å². The molecule has 1 aromatic rings. The van der Waals surface area contributed by atoms with Crippen molar-refractivity contribution in [2.75, 3.05) is 0 Å². The molecule has 1 aliphatic rings. The lowest BCUT2D eigenvalue weighted by molar-refractivity contribution is 0.869. The number of hydrogen-bond acceptors (Lipinski definition) is 2. The number of benzene rings is 1. The number of nitrogens with one attached hydrogen (secondary N) is 1. The lowest BCUT2D eigenvalue weighted by Gasteiger charge is -2.02. The van der Waals surface area contributed by atoms with E-state index in [4.69, 9.17) is 0 Å². The molecule has 0 unspecified atom stereocenters. The minimum Gasteiger partial charge on any atom is -0.278 e. The highest BCUT2D eigenvalue weighted by molar-refractivity contribution is 5.44. The molecular weight excluding hydrogens is 136 g/mol. The van der Waals surface area contributed by atoms with Crippen molar-refractivity contribution >= 4 is 6.08 Å². The first-order valence-electron chi connectivity index (χ1n) is 3.46. The van der Waals surface area contributed by atoms with Crippen LogP contribution in [0, 0.1) is 0 Å². The highest BCUT2D eigenvalue weighted by Gasteiger charge is 1.93. The zero-order valence-electron chi connectivity index (χ0n) is 6.04. The Morgan fingerprint density at radius 1 is 1.27 bits per heavy atom. The van der Waals surface area contributed by atoms with Crippen LogP contribution in [0.25, 0.3) is 6.08 Å². The van der Waals surface area contributed by atoms with Crippen molar-refractivity contribution in [1.29, 1.82) is 0 Å². The predicted octanol–water partition coefficient (Wildman–Crippen LogP) is 0.119. The summed E-state index contributed by atoms with van der Waals surface area (Å²) < 4.78 is 0. The predicted molar refractivity (Wildman–Crippen MR) is 44.0 cm³/mol. The molecule has 0 bridgehead atoms. The molecule has 0 aromatic heterocycles. The van der Waals surface area contributed by atoms with E-state index in [9.17, 15) is 0 Å². The Morgan fingerprint density at radius 3 is 3.00 bits per heavy atom. The van der Waals surface area contributed by atoms with Gasteiger partial charge in [-0.3, -0.25) is 5.43 Å². The third-order valence-electron chi connectivity index (χ3n) is 1.59. The Balaban J connectivity index is 2.83. The fourth-order valence-electron chi connectivity index (χ4n) is 1.06. The van der Waals surface area contributed by atoms with Gasteiger partial charge in [-0.15, -0.1) is 0 Å². The number of hydrogen-bond donors (Lipinski definition) is 1. The number of rotatable bonds is 0.